The number of amides is 2. The van der Waals surface area contributed by atoms with Crippen molar-refractivity contribution in [2.75, 3.05) is 17.3 Å². The van der Waals surface area contributed by atoms with E-state index in [4.69, 9.17) is 4.42 Å². The summed E-state index contributed by atoms with van der Waals surface area (Å²) in [6, 6.07) is 15.8. The lowest BCUT2D eigenvalue weighted by Crippen LogP contribution is -2.27. The topological polar surface area (TPSA) is 62.6 Å². The van der Waals surface area contributed by atoms with Gasteiger partial charge >= 0.3 is 0 Å². The van der Waals surface area contributed by atoms with Crippen LogP contribution in [0.4, 0.5) is 11.4 Å². The van der Waals surface area contributed by atoms with Crippen LogP contribution in [0.5, 0.6) is 0 Å². The summed E-state index contributed by atoms with van der Waals surface area (Å²) in [5.74, 6) is -0.314. The Kier molecular flexibility index (Phi) is 5.23. The lowest BCUT2D eigenvalue weighted by molar-refractivity contribution is 0.0985. The summed E-state index contributed by atoms with van der Waals surface area (Å²) in [5.41, 5.74) is 2.81. The van der Waals surface area contributed by atoms with Crippen LogP contribution in [0.2, 0.25) is 0 Å². The van der Waals surface area contributed by atoms with Crippen LogP contribution in [0.3, 0.4) is 0 Å². The van der Waals surface area contributed by atoms with Crippen LogP contribution < -0.4 is 10.2 Å². The van der Waals surface area contributed by atoms with Crippen molar-refractivity contribution >= 4 is 39.1 Å². The van der Waals surface area contributed by atoms with Crippen LogP contribution in [-0.4, -0.2) is 18.9 Å². The maximum Gasteiger partial charge on any atom is 0.291 e. The van der Waals surface area contributed by atoms with E-state index in [9.17, 15) is 9.59 Å². The van der Waals surface area contributed by atoms with Gasteiger partial charge in [0.05, 0.1) is 6.26 Å². The fourth-order valence-corrected chi connectivity index (χ4v) is 3.10. The van der Waals surface area contributed by atoms with Crippen molar-refractivity contribution in [3.63, 3.8) is 0 Å². The first kappa shape index (κ1) is 17.9. The third kappa shape index (κ3) is 3.86. The molecule has 26 heavy (non-hydrogen) atoms. The van der Waals surface area contributed by atoms with Gasteiger partial charge in [-0.1, -0.05) is 22.0 Å². The van der Waals surface area contributed by atoms with E-state index in [1.807, 2.05) is 25.1 Å². The second-order valence-electron chi connectivity index (χ2n) is 5.81. The Morgan fingerprint density at radius 2 is 1.88 bits per heavy atom. The predicted molar refractivity (Wildman–Crippen MR) is 105 cm³/mol. The molecule has 0 atom stereocenters. The Hall–Kier alpha value is -2.86. The van der Waals surface area contributed by atoms with Crippen LogP contribution in [0.25, 0.3) is 0 Å². The van der Waals surface area contributed by atoms with Gasteiger partial charge in [-0.15, -0.1) is 0 Å². The Balaban J connectivity index is 1.80. The van der Waals surface area contributed by atoms with Crippen LogP contribution >= 0.6 is 15.9 Å². The first-order valence-corrected chi connectivity index (χ1v) is 8.74. The fraction of sp³-hybridized carbons (Fsp3) is 0.100. The molecule has 6 heteroatoms. The minimum Gasteiger partial charge on any atom is -0.459 e. The number of rotatable bonds is 4. The average molecular weight is 413 g/mol. The summed E-state index contributed by atoms with van der Waals surface area (Å²) in [5, 5.41) is 2.73. The molecule has 0 aliphatic carbocycles. The number of hydrogen-bond acceptors (Lipinski definition) is 3. The summed E-state index contributed by atoms with van der Waals surface area (Å²) in [4.78, 5) is 26.5. The van der Waals surface area contributed by atoms with Crippen molar-refractivity contribution in [1.82, 2.24) is 0 Å². The SMILES string of the molecule is Cc1cc(Br)ccc1N(C)C(=O)c1cccc(NC(=O)c2ccco2)c1. The van der Waals surface area contributed by atoms with Gasteiger partial charge in [-0.05, 0) is 61.0 Å². The molecule has 0 saturated heterocycles. The summed E-state index contributed by atoms with van der Waals surface area (Å²) in [6.07, 6.45) is 1.43. The molecule has 1 N–H and O–H groups in total. The third-order valence-corrected chi connectivity index (χ3v) is 4.43. The first-order valence-electron chi connectivity index (χ1n) is 7.95. The van der Waals surface area contributed by atoms with Gasteiger partial charge in [-0.2, -0.15) is 0 Å². The van der Waals surface area contributed by atoms with Crippen molar-refractivity contribution < 1.29 is 14.0 Å². The molecule has 0 radical (unpaired) electrons. The average Bonchev–Trinajstić information content (AvgIpc) is 3.15. The number of benzene rings is 2. The fourth-order valence-electron chi connectivity index (χ4n) is 2.63. The second kappa shape index (κ2) is 7.58. The van der Waals surface area contributed by atoms with Crippen molar-refractivity contribution in [2.45, 2.75) is 6.92 Å². The molecule has 0 fully saturated rings. The maximum absolute atomic E-state index is 12.8. The number of halogens is 1. The van der Waals surface area contributed by atoms with E-state index in [1.165, 1.54) is 6.26 Å². The number of hydrogen-bond donors (Lipinski definition) is 1. The van der Waals surface area contributed by atoms with Crippen LogP contribution in [0, 0.1) is 6.92 Å². The van der Waals surface area contributed by atoms with Crippen molar-refractivity contribution in [3.8, 4) is 0 Å². The van der Waals surface area contributed by atoms with Gasteiger partial charge in [0.15, 0.2) is 5.76 Å². The van der Waals surface area contributed by atoms with Gasteiger partial charge in [0.1, 0.15) is 0 Å². The summed E-state index contributed by atoms with van der Waals surface area (Å²) < 4.78 is 6.03. The van der Waals surface area contributed by atoms with Crippen molar-refractivity contribution in [3.05, 3.63) is 82.2 Å². The standard InChI is InChI=1S/C20H17BrN2O3/c1-13-11-15(21)8-9-17(13)23(2)20(25)14-5-3-6-16(12-14)22-19(24)18-7-4-10-26-18/h3-12H,1-2H3,(H,22,24). The van der Waals surface area contributed by atoms with E-state index in [2.05, 4.69) is 21.2 Å². The normalized spacial score (nSPS) is 10.4. The zero-order valence-corrected chi connectivity index (χ0v) is 15.9. The number of nitrogens with one attached hydrogen (secondary N) is 1. The van der Waals surface area contributed by atoms with Gasteiger partial charge in [0.25, 0.3) is 11.8 Å². The zero-order valence-electron chi connectivity index (χ0n) is 14.3. The van der Waals surface area contributed by atoms with Gasteiger partial charge in [0, 0.05) is 28.5 Å². The molecule has 2 amide bonds. The number of nitrogens with zero attached hydrogens (tertiary/aromatic N) is 1. The highest BCUT2D eigenvalue weighted by Crippen LogP contribution is 2.25. The van der Waals surface area contributed by atoms with Gasteiger partial charge in [-0.3, -0.25) is 9.59 Å². The summed E-state index contributed by atoms with van der Waals surface area (Å²) >= 11 is 3.42. The molecule has 3 aromatic rings. The van der Waals surface area contributed by atoms with E-state index >= 15 is 0 Å². The van der Waals surface area contributed by atoms with Crippen LogP contribution in [0.15, 0.2) is 69.8 Å². The zero-order chi connectivity index (χ0) is 18.7. The molecule has 0 aliphatic rings. The quantitative estimate of drug-likeness (QED) is 0.663. The molecule has 0 saturated carbocycles. The van der Waals surface area contributed by atoms with E-state index < -0.39 is 0 Å². The predicted octanol–water partition coefficient (Wildman–Crippen LogP) is 4.88. The smallest absolute Gasteiger partial charge is 0.291 e. The lowest BCUT2D eigenvalue weighted by Gasteiger charge is -2.20. The Labute approximate surface area is 159 Å². The second-order valence-corrected chi connectivity index (χ2v) is 6.72. The lowest BCUT2D eigenvalue weighted by atomic mass is 10.1. The summed E-state index contributed by atoms with van der Waals surface area (Å²) in [7, 11) is 1.73. The van der Waals surface area contributed by atoms with Gasteiger partial charge in [-0.25, -0.2) is 0 Å². The summed E-state index contributed by atoms with van der Waals surface area (Å²) in [6.45, 7) is 1.95. The molecule has 0 aliphatic heterocycles. The number of carbonyl (C=O) groups excluding carboxylic acids is 2. The maximum atomic E-state index is 12.8. The van der Waals surface area contributed by atoms with Crippen LogP contribution in [0.1, 0.15) is 26.5 Å². The van der Waals surface area contributed by atoms with Gasteiger partial charge < -0.3 is 14.6 Å². The molecule has 2 aromatic carbocycles. The van der Waals surface area contributed by atoms with E-state index in [1.54, 1.807) is 48.3 Å². The molecule has 0 bridgehead atoms. The number of anilines is 2. The highest BCUT2D eigenvalue weighted by molar-refractivity contribution is 9.10. The number of aryl methyl sites for hydroxylation is 1. The van der Waals surface area contributed by atoms with E-state index in [-0.39, 0.29) is 17.6 Å². The van der Waals surface area contributed by atoms with Crippen molar-refractivity contribution in [1.29, 1.82) is 0 Å². The molecular weight excluding hydrogens is 396 g/mol. The number of furan rings is 1. The Morgan fingerprint density at radius 1 is 1.08 bits per heavy atom. The molecule has 132 valence electrons. The molecule has 1 aromatic heterocycles. The molecule has 1 heterocycles. The minimum absolute atomic E-state index is 0.162. The largest absolute Gasteiger partial charge is 0.459 e. The van der Waals surface area contributed by atoms with Crippen molar-refractivity contribution in [2.24, 2.45) is 0 Å². The number of carbonyl (C=O) groups is 2. The molecule has 5 nitrogen and oxygen atoms in total. The minimum atomic E-state index is -0.364. The van der Waals surface area contributed by atoms with E-state index in [0.717, 1.165) is 15.7 Å². The molecule has 3 rings (SSSR count). The van der Waals surface area contributed by atoms with Gasteiger partial charge in [0.2, 0.25) is 0 Å². The molecular formula is C20H17BrN2O3. The van der Waals surface area contributed by atoms with Crippen LogP contribution in [-0.2, 0) is 0 Å². The highest BCUT2D eigenvalue weighted by atomic mass is 79.9. The van der Waals surface area contributed by atoms with E-state index in [0.29, 0.717) is 11.3 Å². The highest BCUT2D eigenvalue weighted by Gasteiger charge is 2.16. The molecule has 0 unspecified atom stereocenters. The molecule has 0 spiro atoms. The monoisotopic (exact) mass is 412 g/mol. The Morgan fingerprint density at radius 3 is 2.58 bits per heavy atom. The Bertz CT molecular complexity index is 951. The third-order valence-electron chi connectivity index (χ3n) is 3.94. The first-order chi connectivity index (χ1) is 12.5.